The van der Waals surface area contributed by atoms with E-state index in [0.29, 0.717) is 5.56 Å². The predicted molar refractivity (Wildman–Crippen MR) is 77.0 cm³/mol. The van der Waals surface area contributed by atoms with Gasteiger partial charge in [0.05, 0.1) is 18.4 Å². The maximum Gasteiger partial charge on any atom is 0.121 e. The summed E-state index contributed by atoms with van der Waals surface area (Å²) in [6.45, 7) is 2.05. The Bertz CT molecular complexity index is 612. The summed E-state index contributed by atoms with van der Waals surface area (Å²) in [4.78, 5) is 1.99. The van der Waals surface area contributed by atoms with Crippen molar-refractivity contribution in [2.24, 2.45) is 0 Å². The van der Waals surface area contributed by atoms with Gasteiger partial charge in [0.2, 0.25) is 0 Å². The maximum atomic E-state index is 9.20. The first-order valence-electron chi connectivity index (χ1n) is 6.04. The van der Waals surface area contributed by atoms with Crippen molar-refractivity contribution in [2.75, 3.05) is 19.1 Å². The van der Waals surface area contributed by atoms with E-state index < -0.39 is 0 Å². The summed E-state index contributed by atoms with van der Waals surface area (Å²) in [6, 6.07) is 15.8. The predicted octanol–water partition coefficient (Wildman–Crippen LogP) is 3.64. The lowest BCUT2D eigenvalue weighted by atomic mass is 10.1. The topological polar surface area (TPSA) is 36.3 Å². The highest BCUT2D eigenvalue weighted by atomic mass is 16.5. The first kappa shape index (κ1) is 13.0. The maximum absolute atomic E-state index is 9.20. The van der Waals surface area contributed by atoms with Crippen LogP contribution in [0.4, 0.5) is 11.4 Å². The first-order valence-corrected chi connectivity index (χ1v) is 6.04. The highest BCUT2D eigenvalue weighted by molar-refractivity contribution is 5.70. The van der Waals surface area contributed by atoms with Crippen LogP contribution in [0, 0.1) is 18.3 Å². The molecule has 19 heavy (non-hydrogen) atoms. The van der Waals surface area contributed by atoms with E-state index in [1.54, 1.807) is 19.2 Å². The Labute approximate surface area is 113 Å². The normalized spacial score (nSPS) is 9.79. The smallest absolute Gasteiger partial charge is 0.121 e. The molecule has 0 aliphatic heterocycles. The Balaban J connectivity index is 2.45. The van der Waals surface area contributed by atoms with E-state index in [4.69, 9.17) is 4.74 Å². The van der Waals surface area contributed by atoms with Crippen LogP contribution in [0.25, 0.3) is 0 Å². The van der Waals surface area contributed by atoms with Gasteiger partial charge in [-0.2, -0.15) is 5.26 Å². The third-order valence-corrected chi connectivity index (χ3v) is 3.11. The molecule has 96 valence electrons. The molecule has 0 N–H and O–H groups in total. The van der Waals surface area contributed by atoms with Crippen LogP contribution in [0.2, 0.25) is 0 Å². The van der Waals surface area contributed by atoms with Crippen molar-refractivity contribution in [3.63, 3.8) is 0 Å². The zero-order valence-electron chi connectivity index (χ0n) is 11.3. The van der Waals surface area contributed by atoms with E-state index >= 15 is 0 Å². The number of hydrogen-bond acceptors (Lipinski definition) is 3. The number of anilines is 2. The largest absolute Gasteiger partial charge is 0.497 e. The molecule has 0 aliphatic carbocycles. The molecule has 2 aromatic rings. The quantitative estimate of drug-likeness (QED) is 0.836. The van der Waals surface area contributed by atoms with Crippen LogP contribution in [-0.4, -0.2) is 14.2 Å². The monoisotopic (exact) mass is 252 g/mol. The fourth-order valence-corrected chi connectivity index (χ4v) is 1.92. The van der Waals surface area contributed by atoms with Crippen LogP contribution in [0.1, 0.15) is 11.1 Å². The van der Waals surface area contributed by atoms with Crippen molar-refractivity contribution in [2.45, 2.75) is 6.92 Å². The summed E-state index contributed by atoms with van der Waals surface area (Å²) in [5, 5.41) is 9.20. The average Bonchev–Trinajstić information content (AvgIpc) is 2.46. The molecule has 0 saturated carbocycles. The van der Waals surface area contributed by atoms with Gasteiger partial charge in [0, 0.05) is 18.8 Å². The van der Waals surface area contributed by atoms with E-state index in [9.17, 15) is 5.26 Å². The highest BCUT2D eigenvalue weighted by Crippen LogP contribution is 2.30. The second kappa shape index (κ2) is 5.45. The van der Waals surface area contributed by atoms with E-state index in [1.165, 1.54) is 5.56 Å². The molecule has 0 amide bonds. The van der Waals surface area contributed by atoms with Gasteiger partial charge >= 0.3 is 0 Å². The minimum Gasteiger partial charge on any atom is -0.497 e. The molecule has 0 spiro atoms. The lowest BCUT2D eigenvalue weighted by molar-refractivity contribution is 0.415. The van der Waals surface area contributed by atoms with Gasteiger partial charge in [-0.3, -0.25) is 0 Å². The Hall–Kier alpha value is -2.47. The average molecular weight is 252 g/mol. The third kappa shape index (κ3) is 2.69. The van der Waals surface area contributed by atoms with Crippen LogP contribution < -0.4 is 9.64 Å². The van der Waals surface area contributed by atoms with Crippen LogP contribution in [-0.2, 0) is 0 Å². The Morgan fingerprint density at radius 1 is 1.11 bits per heavy atom. The molecule has 3 heteroatoms. The second-order valence-corrected chi connectivity index (χ2v) is 4.39. The number of aryl methyl sites for hydroxylation is 1. The Morgan fingerprint density at radius 2 is 1.79 bits per heavy atom. The summed E-state index contributed by atoms with van der Waals surface area (Å²) >= 11 is 0. The molecule has 3 nitrogen and oxygen atoms in total. The molecular weight excluding hydrogens is 236 g/mol. The molecule has 0 aromatic heterocycles. The fourth-order valence-electron chi connectivity index (χ4n) is 1.92. The van der Waals surface area contributed by atoms with Crippen molar-refractivity contribution >= 4 is 11.4 Å². The number of methoxy groups -OCH3 is 1. The van der Waals surface area contributed by atoms with Crippen LogP contribution in [0.3, 0.4) is 0 Å². The molecule has 0 heterocycles. The lowest BCUT2D eigenvalue weighted by Gasteiger charge is -2.21. The summed E-state index contributed by atoms with van der Waals surface area (Å²) in [7, 11) is 3.57. The zero-order chi connectivity index (χ0) is 13.8. The van der Waals surface area contributed by atoms with Crippen molar-refractivity contribution < 1.29 is 4.74 Å². The highest BCUT2D eigenvalue weighted by Gasteiger charge is 2.10. The first-order chi connectivity index (χ1) is 9.15. The van der Waals surface area contributed by atoms with Crippen molar-refractivity contribution in [1.82, 2.24) is 0 Å². The number of nitrogens with zero attached hydrogens (tertiary/aromatic N) is 2. The zero-order valence-corrected chi connectivity index (χ0v) is 11.3. The van der Waals surface area contributed by atoms with E-state index in [1.807, 2.05) is 30.1 Å². The van der Waals surface area contributed by atoms with E-state index in [2.05, 4.69) is 25.1 Å². The second-order valence-electron chi connectivity index (χ2n) is 4.39. The minimum absolute atomic E-state index is 0.629. The molecule has 0 saturated heterocycles. The standard InChI is InChI=1S/C16H16N2O/c1-12-4-7-14(8-5-12)18(2)16-10-15(19-3)9-6-13(16)11-17/h4-10H,1-3H3. The molecule has 2 aromatic carbocycles. The van der Waals surface area contributed by atoms with Crippen molar-refractivity contribution in [3.8, 4) is 11.8 Å². The van der Waals surface area contributed by atoms with Crippen LogP contribution >= 0.6 is 0 Å². The fraction of sp³-hybridized carbons (Fsp3) is 0.188. The van der Waals surface area contributed by atoms with Crippen molar-refractivity contribution in [3.05, 3.63) is 53.6 Å². The Kier molecular flexibility index (Phi) is 3.72. The molecule has 2 rings (SSSR count). The molecule has 0 atom stereocenters. The number of nitriles is 1. The molecule has 0 unspecified atom stereocenters. The summed E-state index contributed by atoms with van der Waals surface area (Å²) in [5.41, 5.74) is 3.72. The van der Waals surface area contributed by atoms with Gasteiger partial charge in [0.25, 0.3) is 0 Å². The van der Waals surface area contributed by atoms with E-state index in [0.717, 1.165) is 17.1 Å². The van der Waals surface area contributed by atoms with Gasteiger partial charge in [-0.1, -0.05) is 17.7 Å². The molecule has 0 aliphatic rings. The number of rotatable bonds is 3. The third-order valence-electron chi connectivity index (χ3n) is 3.11. The summed E-state index contributed by atoms with van der Waals surface area (Å²) in [6.07, 6.45) is 0. The molecule has 0 fully saturated rings. The molecule has 0 bridgehead atoms. The number of hydrogen-bond donors (Lipinski definition) is 0. The van der Waals surface area contributed by atoms with E-state index in [-0.39, 0.29) is 0 Å². The Morgan fingerprint density at radius 3 is 2.37 bits per heavy atom. The van der Waals surface area contributed by atoms with Gasteiger partial charge in [0.1, 0.15) is 11.8 Å². The SMILES string of the molecule is COc1ccc(C#N)c(N(C)c2ccc(C)cc2)c1. The van der Waals surface area contributed by atoms with Crippen LogP contribution in [0.15, 0.2) is 42.5 Å². The van der Waals surface area contributed by atoms with Crippen LogP contribution in [0.5, 0.6) is 5.75 Å². The summed E-state index contributed by atoms with van der Waals surface area (Å²) < 4.78 is 5.22. The van der Waals surface area contributed by atoms with Gasteiger partial charge in [-0.15, -0.1) is 0 Å². The minimum atomic E-state index is 0.629. The lowest BCUT2D eigenvalue weighted by Crippen LogP contribution is -2.11. The molecular formula is C16H16N2O. The molecule has 0 radical (unpaired) electrons. The van der Waals surface area contributed by atoms with Gasteiger partial charge < -0.3 is 9.64 Å². The van der Waals surface area contributed by atoms with Gasteiger partial charge in [-0.05, 0) is 31.2 Å². The van der Waals surface area contributed by atoms with Gasteiger partial charge in [0.15, 0.2) is 0 Å². The number of benzene rings is 2. The van der Waals surface area contributed by atoms with Crippen molar-refractivity contribution in [1.29, 1.82) is 5.26 Å². The number of ether oxygens (including phenoxy) is 1. The van der Waals surface area contributed by atoms with Gasteiger partial charge in [-0.25, -0.2) is 0 Å². The summed E-state index contributed by atoms with van der Waals surface area (Å²) in [5.74, 6) is 0.743.